The van der Waals surface area contributed by atoms with Gasteiger partial charge in [-0.2, -0.15) is 0 Å². The molecule has 1 aromatic carbocycles. The Morgan fingerprint density at radius 1 is 1.33 bits per heavy atom. The van der Waals surface area contributed by atoms with Crippen molar-refractivity contribution in [2.24, 2.45) is 5.92 Å². The lowest BCUT2D eigenvalue weighted by Gasteiger charge is -2.23. The monoisotopic (exact) mass is 255 g/mol. The number of aromatic hydroxyl groups is 1. The standard InChI is InChI=1S/C13H18FNO3/c1-7(2)12(13(17)18)15-8(3)10-6-9(14)4-5-11(10)16/h4-8,12,15-16H,1-3H3,(H,17,18). The molecule has 0 fully saturated rings. The highest BCUT2D eigenvalue weighted by atomic mass is 19.1. The van der Waals surface area contributed by atoms with Crippen LogP contribution in [0, 0.1) is 11.7 Å². The van der Waals surface area contributed by atoms with Gasteiger partial charge in [0.15, 0.2) is 0 Å². The zero-order chi connectivity index (χ0) is 13.9. The Labute approximate surface area is 105 Å². The van der Waals surface area contributed by atoms with Gasteiger partial charge in [-0.15, -0.1) is 0 Å². The van der Waals surface area contributed by atoms with Crippen LogP contribution in [0.25, 0.3) is 0 Å². The molecule has 0 amide bonds. The normalized spacial score (nSPS) is 14.5. The van der Waals surface area contributed by atoms with E-state index < -0.39 is 23.9 Å². The number of hydrogen-bond acceptors (Lipinski definition) is 3. The first-order valence-corrected chi connectivity index (χ1v) is 5.80. The lowest BCUT2D eigenvalue weighted by molar-refractivity contribution is -0.140. The molecule has 3 N–H and O–H groups in total. The van der Waals surface area contributed by atoms with Gasteiger partial charge in [-0.25, -0.2) is 4.39 Å². The lowest BCUT2D eigenvalue weighted by Crippen LogP contribution is -2.42. The summed E-state index contributed by atoms with van der Waals surface area (Å²) in [6, 6.07) is 2.41. The maximum atomic E-state index is 13.1. The van der Waals surface area contributed by atoms with Crippen molar-refractivity contribution in [3.63, 3.8) is 0 Å². The highest BCUT2D eigenvalue weighted by molar-refractivity contribution is 5.73. The van der Waals surface area contributed by atoms with Gasteiger partial charge in [0.2, 0.25) is 0 Å². The maximum Gasteiger partial charge on any atom is 0.320 e. The Hall–Kier alpha value is -1.62. The van der Waals surface area contributed by atoms with Gasteiger partial charge in [0.1, 0.15) is 17.6 Å². The van der Waals surface area contributed by atoms with Crippen molar-refractivity contribution in [3.05, 3.63) is 29.6 Å². The van der Waals surface area contributed by atoms with Crippen LogP contribution < -0.4 is 5.32 Å². The first-order valence-electron chi connectivity index (χ1n) is 5.80. The van der Waals surface area contributed by atoms with Gasteiger partial charge < -0.3 is 10.2 Å². The summed E-state index contributed by atoms with van der Waals surface area (Å²) in [6.45, 7) is 5.25. The third-order valence-electron chi connectivity index (χ3n) is 2.82. The molecule has 0 bridgehead atoms. The number of phenols is 1. The van der Waals surface area contributed by atoms with Gasteiger partial charge >= 0.3 is 5.97 Å². The average Bonchev–Trinajstić information content (AvgIpc) is 2.28. The average molecular weight is 255 g/mol. The Balaban J connectivity index is 2.90. The number of carboxylic acid groups (broad SMARTS) is 1. The summed E-state index contributed by atoms with van der Waals surface area (Å²) in [6.07, 6.45) is 0. The van der Waals surface area contributed by atoms with Crippen LogP contribution in [0.5, 0.6) is 5.75 Å². The van der Waals surface area contributed by atoms with E-state index in [9.17, 15) is 14.3 Å². The molecule has 0 aliphatic rings. The fourth-order valence-electron chi connectivity index (χ4n) is 1.78. The van der Waals surface area contributed by atoms with Crippen LogP contribution in [0.4, 0.5) is 4.39 Å². The summed E-state index contributed by atoms with van der Waals surface area (Å²) < 4.78 is 13.1. The molecule has 2 unspecified atom stereocenters. The number of carboxylic acids is 1. The van der Waals surface area contributed by atoms with Crippen LogP contribution >= 0.6 is 0 Å². The van der Waals surface area contributed by atoms with Crippen LogP contribution in [0.15, 0.2) is 18.2 Å². The van der Waals surface area contributed by atoms with E-state index in [-0.39, 0.29) is 11.7 Å². The van der Waals surface area contributed by atoms with Gasteiger partial charge in [0.25, 0.3) is 0 Å². The Morgan fingerprint density at radius 3 is 2.44 bits per heavy atom. The molecule has 0 heterocycles. The molecule has 2 atom stereocenters. The molecule has 100 valence electrons. The summed E-state index contributed by atoms with van der Waals surface area (Å²) >= 11 is 0. The zero-order valence-electron chi connectivity index (χ0n) is 10.6. The molecule has 0 aliphatic carbocycles. The molecular weight excluding hydrogens is 237 g/mol. The lowest BCUT2D eigenvalue weighted by atomic mass is 10.0. The second-order valence-electron chi connectivity index (χ2n) is 4.65. The van der Waals surface area contributed by atoms with E-state index in [1.54, 1.807) is 20.8 Å². The largest absolute Gasteiger partial charge is 0.508 e. The minimum atomic E-state index is -0.965. The quantitative estimate of drug-likeness (QED) is 0.755. The summed E-state index contributed by atoms with van der Waals surface area (Å²) in [4.78, 5) is 11.1. The molecule has 5 heteroatoms. The Morgan fingerprint density at radius 2 is 1.94 bits per heavy atom. The van der Waals surface area contributed by atoms with Gasteiger partial charge in [-0.3, -0.25) is 10.1 Å². The summed E-state index contributed by atoms with van der Waals surface area (Å²) in [5, 5.41) is 21.6. The van der Waals surface area contributed by atoms with Crippen molar-refractivity contribution in [1.29, 1.82) is 0 Å². The van der Waals surface area contributed by atoms with Crippen molar-refractivity contribution >= 4 is 5.97 Å². The van der Waals surface area contributed by atoms with Crippen molar-refractivity contribution in [3.8, 4) is 5.75 Å². The molecule has 1 aromatic rings. The molecule has 0 saturated carbocycles. The molecule has 4 nitrogen and oxygen atoms in total. The van der Waals surface area contributed by atoms with Gasteiger partial charge in [0.05, 0.1) is 0 Å². The van der Waals surface area contributed by atoms with E-state index in [0.717, 1.165) is 6.07 Å². The highest BCUT2D eigenvalue weighted by Gasteiger charge is 2.24. The van der Waals surface area contributed by atoms with E-state index in [1.807, 2.05) is 0 Å². The molecule has 0 aromatic heterocycles. The van der Waals surface area contributed by atoms with Gasteiger partial charge in [-0.05, 0) is 31.0 Å². The number of hydrogen-bond donors (Lipinski definition) is 3. The predicted molar refractivity (Wildman–Crippen MR) is 65.9 cm³/mol. The van der Waals surface area contributed by atoms with Crippen LogP contribution in [-0.4, -0.2) is 22.2 Å². The number of carbonyl (C=O) groups is 1. The Bertz CT molecular complexity index is 434. The van der Waals surface area contributed by atoms with E-state index in [0.29, 0.717) is 5.56 Å². The third kappa shape index (κ3) is 3.43. The fourth-order valence-corrected chi connectivity index (χ4v) is 1.78. The second-order valence-corrected chi connectivity index (χ2v) is 4.65. The number of aliphatic carboxylic acids is 1. The predicted octanol–water partition coefficient (Wildman–Crippen LogP) is 2.29. The molecule has 0 spiro atoms. The van der Waals surface area contributed by atoms with E-state index >= 15 is 0 Å². The molecule has 1 rings (SSSR count). The number of phenolic OH excluding ortho intramolecular Hbond substituents is 1. The fraction of sp³-hybridized carbons (Fsp3) is 0.462. The number of nitrogens with one attached hydrogen (secondary N) is 1. The molecular formula is C13H18FNO3. The summed E-state index contributed by atoms with van der Waals surface area (Å²) in [5.74, 6) is -1.59. The first kappa shape index (κ1) is 14.4. The minimum absolute atomic E-state index is 0.0516. The van der Waals surface area contributed by atoms with Crippen LogP contribution in [-0.2, 0) is 4.79 Å². The van der Waals surface area contributed by atoms with E-state index in [4.69, 9.17) is 5.11 Å². The molecule has 0 saturated heterocycles. The van der Waals surface area contributed by atoms with Crippen molar-refractivity contribution in [1.82, 2.24) is 5.32 Å². The molecule has 18 heavy (non-hydrogen) atoms. The zero-order valence-corrected chi connectivity index (χ0v) is 10.6. The Kier molecular flexibility index (Phi) is 4.67. The van der Waals surface area contributed by atoms with Crippen molar-refractivity contribution in [2.45, 2.75) is 32.9 Å². The first-order chi connectivity index (χ1) is 8.32. The number of halogens is 1. The number of rotatable bonds is 5. The van der Waals surface area contributed by atoms with E-state index in [2.05, 4.69) is 5.32 Å². The van der Waals surface area contributed by atoms with Gasteiger partial charge in [-0.1, -0.05) is 13.8 Å². The van der Waals surface area contributed by atoms with Gasteiger partial charge in [0, 0.05) is 11.6 Å². The number of benzene rings is 1. The SMILES string of the molecule is CC(NC(C(=O)O)C(C)C)c1cc(F)ccc1O. The minimum Gasteiger partial charge on any atom is -0.508 e. The smallest absolute Gasteiger partial charge is 0.320 e. The second kappa shape index (κ2) is 5.82. The van der Waals surface area contributed by atoms with Crippen LogP contribution in [0.3, 0.4) is 0 Å². The van der Waals surface area contributed by atoms with Crippen LogP contribution in [0.2, 0.25) is 0 Å². The highest BCUT2D eigenvalue weighted by Crippen LogP contribution is 2.25. The van der Waals surface area contributed by atoms with Crippen molar-refractivity contribution < 1.29 is 19.4 Å². The summed E-state index contributed by atoms with van der Waals surface area (Å²) in [5.41, 5.74) is 0.349. The third-order valence-corrected chi connectivity index (χ3v) is 2.82. The van der Waals surface area contributed by atoms with Crippen LogP contribution in [0.1, 0.15) is 32.4 Å². The summed E-state index contributed by atoms with van der Waals surface area (Å²) in [7, 11) is 0. The van der Waals surface area contributed by atoms with E-state index in [1.165, 1.54) is 12.1 Å². The molecule has 0 aliphatic heterocycles. The maximum absolute atomic E-state index is 13.1. The molecule has 0 radical (unpaired) electrons. The topological polar surface area (TPSA) is 69.6 Å². The van der Waals surface area contributed by atoms with Crippen molar-refractivity contribution in [2.75, 3.05) is 0 Å².